The molecular weight excluding hydrogens is 222 g/mol. The average Bonchev–Trinajstić information content (AvgIpc) is 2.76. The molecule has 108 valence electrons. The molecule has 0 spiro atoms. The van der Waals surface area contributed by atoms with Crippen LogP contribution in [0.3, 0.4) is 0 Å². The largest absolute Gasteiger partial charge is 0.315 e. The van der Waals surface area contributed by atoms with Gasteiger partial charge in [0.15, 0.2) is 0 Å². The van der Waals surface area contributed by atoms with Crippen molar-refractivity contribution in [1.82, 2.24) is 15.1 Å². The molecule has 0 radical (unpaired) electrons. The molecule has 3 nitrogen and oxygen atoms in total. The summed E-state index contributed by atoms with van der Waals surface area (Å²) in [6.45, 7) is 11.7. The third-order valence-corrected chi connectivity index (χ3v) is 4.00. The SMILES string of the molecule is CCCC(CNCC(C)C)N1CCC(N(C)C)C1. The van der Waals surface area contributed by atoms with Crippen molar-refractivity contribution in [3.63, 3.8) is 0 Å². The minimum absolute atomic E-state index is 0.735. The number of likely N-dealkylation sites (tertiary alicyclic amines) is 1. The number of nitrogens with one attached hydrogen (secondary N) is 1. The lowest BCUT2D eigenvalue weighted by molar-refractivity contribution is 0.200. The Bertz CT molecular complexity index is 216. The van der Waals surface area contributed by atoms with Crippen LogP contribution in [0.25, 0.3) is 0 Å². The minimum atomic E-state index is 0.735. The maximum absolute atomic E-state index is 3.64. The third-order valence-electron chi connectivity index (χ3n) is 4.00. The van der Waals surface area contributed by atoms with Gasteiger partial charge in [-0.25, -0.2) is 0 Å². The molecule has 1 heterocycles. The molecule has 1 rings (SSSR count). The summed E-state index contributed by atoms with van der Waals surface area (Å²) in [7, 11) is 4.42. The Balaban J connectivity index is 2.37. The van der Waals surface area contributed by atoms with Gasteiger partial charge < -0.3 is 10.2 Å². The van der Waals surface area contributed by atoms with Crippen LogP contribution < -0.4 is 5.32 Å². The van der Waals surface area contributed by atoms with Crippen LogP contribution >= 0.6 is 0 Å². The molecular formula is C15H33N3. The van der Waals surface area contributed by atoms with Gasteiger partial charge in [-0.3, -0.25) is 4.90 Å². The number of likely N-dealkylation sites (N-methyl/N-ethyl adjacent to an activating group) is 1. The number of hydrogen-bond acceptors (Lipinski definition) is 3. The first kappa shape index (κ1) is 15.9. The summed E-state index contributed by atoms with van der Waals surface area (Å²) in [4.78, 5) is 5.08. The Morgan fingerprint density at radius 2 is 2.00 bits per heavy atom. The van der Waals surface area contributed by atoms with Crippen molar-refractivity contribution in [2.75, 3.05) is 40.3 Å². The van der Waals surface area contributed by atoms with Crippen molar-refractivity contribution in [3.05, 3.63) is 0 Å². The molecule has 0 saturated carbocycles. The highest BCUT2D eigenvalue weighted by Crippen LogP contribution is 2.18. The fourth-order valence-electron chi connectivity index (χ4n) is 2.81. The highest BCUT2D eigenvalue weighted by Gasteiger charge is 2.28. The second kappa shape index (κ2) is 8.13. The predicted molar refractivity (Wildman–Crippen MR) is 80.1 cm³/mol. The van der Waals surface area contributed by atoms with Crippen LogP contribution in [0.2, 0.25) is 0 Å². The van der Waals surface area contributed by atoms with Gasteiger partial charge in [-0.05, 0) is 39.4 Å². The van der Waals surface area contributed by atoms with Crippen LogP contribution in [0.15, 0.2) is 0 Å². The lowest BCUT2D eigenvalue weighted by Crippen LogP contribution is -2.43. The molecule has 1 N–H and O–H groups in total. The van der Waals surface area contributed by atoms with Gasteiger partial charge in [-0.1, -0.05) is 27.2 Å². The van der Waals surface area contributed by atoms with E-state index in [1.54, 1.807) is 0 Å². The maximum Gasteiger partial charge on any atom is 0.0229 e. The normalized spacial score (nSPS) is 23.2. The molecule has 1 aliphatic heterocycles. The summed E-state index contributed by atoms with van der Waals surface area (Å²) in [5.41, 5.74) is 0. The predicted octanol–water partition coefficient (Wildman–Crippen LogP) is 2.04. The fourth-order valence-corrected chi connectivity index (χ4v) is 2.81. The van der Waals surface area contributed by atoms with E-state index in [0.717, 1.165) is 31.1 Å². The Hall–Kier alpha value is -0.120. The fraction of sp³-hybridized carbons (Fsp3) is 1.00. The summed E-state index contributed by atoms with van der Waals surface area (Å²) >= 11 is 0. The van der Waals surface area contributed by atoms with Gasteiger partial charge in [0.05, 0.1) is 0 Å². The summed E-state index contributed by atoms with van der Waals surface area (Å²) in [5.74, 6) is 0.750. The van der Waals surface area contributed by atoms with E-state index in [9.17, 15) is 0 Å². The van der Waals surface area contributed by atoms with E-state index in [2.05, 4.69) is 50.0 Å². The average molecular weight is 255 g/mol. The quantitative estimate of drug-likeness (QED) is 0.716. The van der Waals surface area contributed by atoms with Crippen molar-refractivity contribution < 1.29 is 0 Å². The maximum atomic E-state index is 3.64. The van der Waals surface area contributed by atoms with E-state index in [0.29, 0.717) is 0 Å². The van der Waals surface area contributed by atoms with Crippen molar-refractivity contribution in [2.24, 2.45) is 5.92 Å². The molecule has 0 aliphatic carbocycles. The van der Waals surface area contributed by atoms with E-state index in [-0.39, 0.29) is 0 Å². The Labute approximate surface area is 114 Å². The molecule has 0 aromatic rings. The van der Waals surface area contributed by atoms with Gasteiger partial charge in [-0.2, -0.15) is 0 Å². The standard InChI is InChI=1S/C15H33N3/c1-6-7-14(11-16-10-13(2)3)18-9-8-15(12-18)17(4)5/h13-16H,6-12H2,1-5H3. The van der Waals surface area contributed by atoms with Gasteiger partial charge in [0, 0.05) is 31.7 Å². The van der Waals surface area contributed by atoms with E-state index < -0.39 is 0 Å². The lowest BCUT2D eigenvalue weighted by atomic mass is 10.1. The Morgan fingerprint density at radius 3 is 2.50 bits per heavy atom. The molecule has 1 saturated heterocycles. The first-order chi connectivity index (χ1) is 8.54. The number of nitrogens with zero attached hydrogens (tertiary/aromatic N) is 2. The van der Waals surface area contributed by atoms with E-state index in [1.807, 2.05) is 0 Å². The third kappa shape index (κ3) is 5.25. The van der Waals surface area contributed by atoms with Crippen molar-refractivity contribution >= 4 is 0 Å². The zero-order valence-electron chi connectivity index (χ0n) is 13.1. The molecule has 0 amide bonds. The van der Waals surface area contributed by atoms with Crippen molar-refractivity contribution in [1.29, 1.82) is 0 Å². The molecule has 3 heteroatoms. The van der Waals surface area contributed by atoms with Crippen LogP contribution in [0, 0.1) is 5.92 Å². The monoisotopic (exact) mass is 255 g/mol. The minimum Gasteiger partial charge on any atom is -0.315 e. The highest BCUT2D eigenvalue weighted by molar-refractivity contribution is 4.86. The van der Waals surface area contributed by atoms with Crippen LogP contribution in [0.1, 0.15) is 40.0 Å². The molecule has 0 aromatic carbocycles. The molecule has 2 atom stereocenters. The lowest BCUT2D eigenvalue weighted by Gasteiger charge is -2.29. The van der Waals surface area contributed by atoms with E-state index >= 15 is 0 Å². The van der Waals surface area contributed by atoms with Crippen LogP contribution in [0.5, 0.6) is 0 Å². The Kier molecular flexibility index (Phi) is 7.20. The molecule has 2 unspecified atom stereocenters. The van der Waals surface area contributed by atoms with Gasteiger partial charge in [0.25, 0.3) is 0 Å². The van der Waals surface area contributed by atoms with Gasteiger partial charge in [0.1, 0.15) is 0 Å². The smallest absolute Gasteiger partial charge is 0.0229 e. The van der Waals surface area contributed by atoms with Crippen molar-refractivity contribution in [3.8, 4) is 0 Å². The van der Waals surface area contributed by atoms with Gasteiger partial charge in [-0.15, -0.1) is 0 Å². The topological polar surface area (TPSA) is 18.5 Å². The zero-order valence-corrected chi connectivity index (χ0v) is 13.1. The van der Waals surface area contributed by atoms with Gasteiger partial charge in [0.2, 0.25) is 0 Å². The molecule has 18 heavy (non-hydrogen) atoms. The molecule has 1 aliphatic rings. The van der Waals surface area contributed by atoms with Crippen LogP contribution in [0.4, 0.5) is 0 Å². The highest BCUT2D eigenvalue weighted by atomic mass is 15.3. The first-order valence-corrected chi connectivity index (χ1v) is 7.65. The van der Waals surface area contributed by atoms with Crippen LogP contribution in [-0.2, 0) is 0 Å². The molecule has 1 fully saturated rings. The molecule has 0 bridgehead atoms. The van der Waals surface area contributed by atoms with Gasteiger partial charge >= 0.3 is 0 Å². The van der Waals surface area contributed by atoms with E-state index in [4.69, 9.17) is 0 Å². The van der Waals surface area contributed by atoms with E-state index in [1.165, 1.54) is 32.4 Å². The Morgan fingerprint density at radius 1 is 1.28 bits per heavy atom. The van der Waals surface area contributed by atoms with Crippen molar-refractivity contribution in [2.45, 2.75) is 52.1 Å². The summed E-state index contributed by atoms with van der Waals surface area (Å²) < 4.78 is 0. The second-order valence-electron chi connectivity index (χ2n) is 6.40. The van der Waals surface area contributed by atoms with Crippen LogP contribution in [-0.4, -0.2) is 62.2 Å². The molecule has 0 aromatic heterocycles. The first-order valence-electron chi connectivity index (χ1n) is 7.65. The summed E-state index contributed by atoms with van der Waals surface area (Å²) in [5, 5.41) is 3.64. The number of rotatable bonds is 8. The zero-order chi connectivity index (χ0) is 13.5. The summed E-state index contributed by atoms with van der Waals surface area (Å²) in [6.07, 6.45) is 3.94. The summed E-state index contributed by atoms with van der Waals surface area (Å²) in [6, 6.07) is 1.49. The number of hydrogen-bond donors (Lipinski definition) is 1. The second-order valence-corrected chi connectivity index (χ2v) is 6.40.